The molecule has 1 fully saturated rings. The van der Waals surface area contributed by atoms with Crippen LogP contribution in [-0.2, 0) is 0 Å². The van der Waals surface area contributed by atoms with E-state index in [2.05, 4.69) is 20.9 Å². The highest BCUT2D eigenvalue weighted by Crippen LogP contribution is 2.34. The lowest BCUT2D eigenvalue weighted by molar-refractivity contribution is -0.866. The van der Waals surface area contributed by atoms with Gasteiger partial charge in [-0.3, -0.25) is 0 Å². The highest BCUT2D eigenvalue weighted by molar-refractivity contribution is 5.61. The molecule has 0 aromatic heterocycles. The highest BCUT2D eigenvalue weighted by atomic mass is 16.5. The summed E-state index contributed by atoms with van der Waals surface area (Å²) in [7, 11) is 3.84. The zero-order valence-corrected chi connectivity index (χ0v) is 14.4. The summed E-state index contributed by atoms with van der Waals surface area (Å²) >= 11 is 0. The number of quaternary nitrogens is 1. The van der Waals surface area contributed by atoms with Gasteiger partial charge in [0.25, 0.3) is 0 Å². The van der Waals surface area contributed by atoms with E-state index in [9.17, 15) is 0 Å². The van der Waals surface area contributed by atoms with Crippen LogP contribution in [0, 0.1) is 0 Å². The van der Waals surface area contributed by atoms with E-state index >= 15 is 0 Å². The van der Waals surface area contributed by atoms with Crippen LogP contribution < -0.4 is 14.5 Å². The molecule has 1 N–H and O–H groups in total. The minimum atomic E-state index is 0.192. The topological polar surface area (TPSA) is 37.0 Å². The molecule has 1 aliphatic carbocycles. The number of rotatable bonds is 7. The summed E-state index contributed by atoms with van der Waals surface area (Å²) in [4.78, 5) is 0. The summed E-state index contributed by atoms with van der Waals surface area (Å²) in [6.45, 7) is 4.22. The molecule has 4 nitrogen and oxygen atoms in total. The van der Waals surface area contributed by atoms with E-state index < -0.39 is 0 Å². The Balaban J connectivity index is 2.11. The SMILES string of the molecule is CCC(C)Oc1ccc(OC)cc1[N-][NH+](C)C1CCCCC1. The largest absolute Gasteiger partial charge is 0.497 e. The molecule has 0 bridgehead atoms. The maximum absolute atomic E-state index is 6.02. The minimum Gasteiger partial charge on any atom is -0.497 e. The molecule has 4 heteroatoms. The average Bonchev–Trinajstić information content (AvgIpc) is 2.56. The number of benzene rings is 1. The second kappa shape index (κ2) is 8.28. The van der Waals surface area contributed by atoms with Crippen LogP contribution in [0.25, 0.3) is 5.43 Å². The molecule has 1 aromatic rings. The van der Waals surface area contributed by atoms with Gasteiger partial charge in [0, 0.05) is 0 Å². The van der Waals surface area contributed by atoms with Crippen molar-refractivity contribution in [1.82, 2.24) is 0 Å². The summed E-state index contributed by atoms with van der Waals surface area (Å²) in [5, 5.41) is 1.22. The summed E-state index contributed by atoms with van der Waals surface area (Å²) in [6, 6.07) is 6.51. The summed E-state index contributed by atoms with van der Waals surface area (Å²) in [5.41, 5.74) is 5.78. The highest BCUT2D eigenvalue weighted by Gasteiger charge is 2.18. The number of nitrogens with zero attached hydrogens (tertiary/aromatic N) is 1. The lowest BCUT2D eigenvalue weighted by atomic mass is 9.95. The molecule has 2 unspecified atom stereocenters. The molecule has 124 valence electrons. The Hall–Kier alpha value is -1.42. The van der Waals surface area contributed by atoms with Crippen molar-refractivity contribution < 1.29 is 14.5 Å². The Kier molecular flexibility index (Phi) is 6.37. The van der Waals surface area contributed by atoms with Crippen LogP contribution in [0.3, 0.4) is 0 Å². The molecular formula is C18H30N2O2. The van der Waals surface area contributed by atoms with Crippen LogP contribution in [0.2, 0.25) is 0 Å². The Morgan fingerprint density at radius 2 is 2.00 bits per heavy atom. The van der Waals surface area contributed by atoms with E-state index in [4.69, 9.17) is 14.9 Å². The van der Waals surface area contributed by atoms with Gasteiger partial charge in [-0.05, 0) is 62.9 Å². The van der Waals surface area contributed by atoms with Gasteiger partial charge in [0.2, 0.25) is 0 Å². The van der Waals surface area contributed by atoms with E-state index in [1.165, 1.54) is 37.1 Å². The van der Waals surface area contributed by atoms with Gasteiger partial charge >= 0.3 is 0 Å². The van der Waals surface area contributed by atoms with Crippen molar-refractivity contribution in [3.63, 3.8) is 0 Å². The molecule has 1 saturated carbocycles. The number of ether oxygens (including phenoxy) is 2. The van der Waals surface area contributed by atoms with E-state index in [0.717, 1.165) is 23.6 Å². The summed E-state index contributed by atoms with van der Waals surface area (Å²) < 4.78 is 11.4. The van der Waals surface area contributed by atoms with E-state index in [1.807, 2.05) is 18.2 Å². The Morgan fingerprint density at radius 1 is 1.27 bits per heavy atom. The molecule has 0 amide bonds. The number of hydrogen-bond donors (Lipinski definition) is 1. The number of hydrogen-bond acceptors (Lipinski definition) is 2. The molecule has 0 radical (unpaired) electrons. The van der Waals surface area contributed by atoms with Gasteiger partial charge in [0.1, 0.15) is 11.5 Å². The number of methoxy groups -OCH3 is 1. The van der Waals surface area contributed by atoms with Gasteiger partial charge in [-0.1, -0.05) is 13.3 Å². The molecule has 0 heterocycles. The van der Waals surface area contributed by atoms with Gasteiger partial charge in [0.05, 0.1) is 26.3 Å². The molecule has 0 spiro atoms. The van der Waals surface area contributed by atoms with E-state index in [-0.39, 0.29) is 6.10 Å². The second-order valence-electron chi connectivity index (χ2n) is 6.26. The van der Waals surface area contributed by atoms with E-state index in [1.54, 1.807) is 7.11 Å². The third-order valence-electron chi connectivity index (χ3n) is 4.56. The first-order valence-corrected chi connectivity index (χ1v) is 8.54. The lowest BCUT2D eigenvalue weighted by Crippen LogP contribution is -3.08. The molecular weight excluding hydrogens is 276 g/mol. The Labute approximate surface area is 134 Å². The van der Waals surface area contributed by atoms with Gasteiger partial charge in [0.15, 0.2) is 0 Å². The van der Waals surface area contributed by atoms with Crippen LogP contribution >= 0.6 is 0 Å². The fraction of sp³-hybridized carbons (Fsp3) is 0.667. The van der Waals surface area contributed by atoms with Crippen LogP contribution in [0.4, 0.5) is 5.69 Å². The van der Waals surface area contributed by atoms with Gasteiger partial charge in [-0.25, -0.2) is 0 Å². The maximum Gasteiger partial charge on any atom is 0.118 e. The van der Waals surface area contributed by atoms with Crippen LogP contribution in [0.5, 0.6) is 11.5 Å². The molecule has 0 saturated heterocycles. The fourth-order valence-electron chi connectivity index (χ4n) is 2.91. The number of nitrogens with one attached hydrogen (secondary N) is 1. The first-order valence-electron chi connectivity index (χ1n) is 8.54. The van der Waals surface area contributed by atoms with Crippen molar-refractivity contribution in [3.8, 4) is 11.5 Å². The van der Waals surface area contributed by atoms with Crippen molar-refractivity contribution in [3.05, 3.63) is 23.6 Å². The Bertz CT molecular complexity index is 458. The van der Waals surface area contributed by atoms with Crippen molar-refractivity contribution in [2.24, 2.45) is 0 Å². The van der Waals surface area contributed by atoms with Crippen molar-refractivity contribution in [1.29, 1.82) is 0 Å². The standard InChI is InChI=1S/C18H30N2O2/c1-5-14(2)22-18-12-11-16(21-4)13-17(18)19-20(3)15-9-7-6-8-10-15/h11-15,20H,5-10H2,1-4H3. The summed E-state index contributed by atoms with van der Waals surface area (Å²) in [6.07, 6.45) is 7.72. The molecule has 2 rings (SSSR count). The second-order valence-corrected chi connectivity index (χ2v) is 6.26. The smallest absolute Gasteiger partial charge is 0.118 e. The molecule has 0 aliphatic heterocycles. The van der Waals surface area contributed by atoms with Crippen molar-refractivity contribution in [2.45, 2.75) is 64.5 Å². The minimum absolute atomic E-state index is 0.192. The zero-order chi connectivity index (χ0) is 15.9. The van der Waals surface area contributed by atoms with Crippen LogP contribution in [-0.4, -0.2) is 26.3 Å². The van der Waals surface area contributed by atoms with Gasteiger partial charge in [-0.15, -0.1) is 0 Å². The van der Waals surface area contributed by atoms with E-state index in [0.29, 0.717) is 6.04 Å². The van der Waals surface area contributed by atoms with Gasteiger partial charge < -0.3 is 19.9 Å². The predicted molar refractivity (Wildman–Crippen MR) is 90.2 cm³/mol. The Morgan fingerprint density at radius 3 is 2.64 bits per heavy atom. The first kappa shape index (κ1) is 16.9. The summed E-state index contributed by atoms with van der Waals surface area (Å²) in [5.74, 6) is 1.68. The van der Waals surface area contributed by atoms with Gasteiger partial charge in [-0.2, -0.15) is 0 Å². The zero-order valence-electron chi connectivity index (χ0n) is 14.4. The predicted octanol–water partition coefficient (Wildman–Crippen LogP) is 3.64. The van der Waals surface area contributed by atoms with Crippen molar-refractivity contribution >= 4 is 5.69 Å². The first-order chi connectivity index (χ1) is 10.6. The quantitative estimate of drug-likeness (QED) is 0.781. The van der Waals surface area contributed by atoms with Crippen LogP contribution in [0.1, 0.15) is 52.4 Å². The molecule has 2 atom stereocenters. The van der Waals surface area contributed by atoms with Crippen LogP contribution in [0.15, 0.2) is 18.2 Å². The molecule has 22 heavy (non-hydrogen) atoms. The monoisotopic (exact) mass is 306 g/mol. The van der Waals surface area contributed by atoms with Crippen molar-refractivity contribution in [2.75, 3.05) is 14.2 Å². The molecule has 1 aliphatic rings. The fourth-order valence-corrected chi connectivity index (χ4v) is 2.91. The normalized spacial score (nSPS) is 18.5. The molecule has 1 aromatic carbocycles. The third-order valence-corrected chi connectivity index (χ3v) is 4.56. The average molecular weight is 306 g/mol. The maximum atomic E-state index is 6.02. The third kappa shape index (κ3) is 4.54. The lowest BCUT2D eigenvalue weighted by Gasteiger charge is -2.38.